The van der Waals surface area contributed by atoms with Crippen LogP contribution in [0.5, 0.6) is 5.75 Å². The minimum atomic E-state index is -1.02. The van der Waals surface area contributed by atoms with Crippen molar-refractivity contribution in [2.24, 2.45) is 0 Å². The van der Waals surface area contributed by atoms with Crippen LogP contribution in [0.1, 0.15) is 20.7 Å². The van der Waals surface area contributed by atoms with E-state index in [2.05, 4.69) is 23.3 Å². The number of carbonyl (C=O) groups excluding carboxylic acids is 1. The molecule has 0 atom stereocenters. The molecular weight excluding hydrogens is 380 g/mol. The topological polar surface area (TPSA) is 105 Å². The van der Waals surface area contributed by atoms with Crippen molar-refractivity contribution in [1.82, 2.24) is 0 Å². The lowest BCUT2D eigenvalue weighted by Crippen LogP contribution is -2.16. The summed E-state index contributed by atoms with van der Waals surface area (Å²) in [5.41, 5.74) is 4.34. The van der Waals surface area contributed by atoms with Gasteiger partial charge in [0.15, 0.2) is 18.3 Å². The molecule has 0 aliphatic heterocycles. The lowest BCUT2D eigenvalue weighted by molar-refractivity contribution is 0.0696. The molecule has 0 aromatic heterocycles. The molecule has 0 aliphatic carbocycles. The molecule has 0 saturated carbocycles. The zero-order valence-corrected chi connectivity index (χ0v) is 15.3. The standard InChI is InChI=1S/C20H16N2O4.OS/c23-19(21-15-12-10-14(11-13-15)20(24)25)17-8-4-5-9-18(17)22-26-16-6-2-1-3-7-16;1-2/h1-13,22H,(H,21,23)(H,24,25);. The highest BCUT2D eigenvalue weighted by Crippen LogP contribution is 2.19. The van der Waals surface area contributed by atoms with Gasteiger partial charge in [-0.2, -0.15) is 4.21 Å². The largest absolute Gasteiger partial charge is 0.478 e. The van der Waals surface area contributed by atoms with Crippen molar-refractivity contribution in [2.75, 3.05) is 10.8 Å². The Hall–Kier alpha value is -3.78. The van der Waals surface area contributed by atoms with Gasteiger partial charge in [-0.3, -0.25) is 4.79 Å². The Kier molecular flexibility index (Phi) is 7.62. The van der Waals surface area contributed by atoms with Crippen LogP contribution in [-0.4, -0.2) is 21.2 Å². The fourth-order valence-corrected chi connectivity index (χ4v) is 2.27. The molecule has 0 aliphatic rings. The molecule has 7 nitrogen and oxygen atoms in total. The first-order valence-electron chi connectivity index (χ1n) is 8.02. The Morgan fingerprint density at radius 2 is 1.43 bits per heavy atom. The molecule has 3 rings (SSSR count). The summed E-state index contributed by atoms with van der Waals surface area (Å²) in [6.45, 7) is 0. The highest BCUT2D eigenvalue weighted by atomic mass is 32.1. The van der Waals surface area contributed by atoms with Crippen molar-refractivity contribution in [3.05, 3.63) is 90.0 Å². The minimum Gasteiger partial charge on any atom is -0.478 e. The maximum atomic E-state index is 12.5. The van der Waals surface area contributed by atoms with Gasteiger partial charge in [0, 0.05) is 5.69 Å². The molecule has 0 spiro atoms. The molecule has 3 aromatic rings. The summed E-state index contributed by atoms with van der Waals surface area (Å²) in [6, 6.07) is 22.0. The van der Waals surface area contributed by atoms with Gasteiger partial charge >= 0.3 is 5.97 Å². The van der Waals surface area contributed by atoms with Crippen molar-refractivity contribution >= 4 is 35.8 Å². The average Bonchev–Trinajstić information content (AvgIpc) is 2.75. The molecule has 3 N–H and O–H groups in total. The van der Waals surface area contributed by atoms with E-state index in [1.165, 1.54) is 24.3 Å². The van der Waals surface area contributed by atoms with Crippen LogP contribution < -0.4 is 15.6 Å². The van der Waals surface area contributed by atoms with E-state index in [0.717, 1.165) is 0 Å². The zero-order chi connectivity index (χ0) is 20.4. The van der Waals surface area contributed by atoms with Crippen LogP contribution in [0.25, 0.3) is 0 Å². The molecule has 0 radical (unpaired) electrons. The van der Waals surface area contributed by atoms with Gasteiger partial charge in [0.1, 0.15) is 0 Å². The highest BCUT2D eigenvalue weighted by molar-refractivity contribution is 7.44. The third kappa shape index (κ3) is 5.61. The number of hydrogen-bond donors (Lipinski definition) is 3. The third-order valence-corrected chi connectivity index (χ3v) is 3.58. The molecule has 0 saturated heterocycles. The highest BCUT2D eigenvalue weighted by Gasteiger charge is 2.12. The fourth-order valence-electron chi connectivity index (χ4n) is 2.27. The number of nitrogens with one attached hydrogen (secondary N) is 2. The summed E-state index contributed by atoms with van der Waals surface area (Å²) in [4.78, 5) is 28.9. The first-order valence-corrected chi connectivity index (χ1v) is 8.35. The van der Waals surface area contributed by atoms with Gasteiger partial charge in [0.25, 0.3) is 5.91 Å². The summed E-state index contributed by atoms with van der Waals surface area (Å²) >= 11 is 2.83. The van der Waals surface area contributed by atoms with Gasteiger partial charge < -0.3 is 15.3 Å². The number of para-hydroxylation sites is 2. The molecule has 28 heavy (non-hydrogen) atoms. The zero-order valence-electron chi connectivity index (χ0n) is 14.5. The van der Waals surface area contributed by atoms with Crippen LogP contribution in [-0.2, 0) is 12.5 Å². The van der Waals surface area contributed by atoms with Gasteiger partial charge in [-0.15, -0.1) is 0 Å². The monoisotopic (exact) mass is 396 g/mol. The number of aromatic carboxylic acids is 1. The average molecular weight is 396 g/mol. The van der Waals surface area contributed by atoms with Gasteiger partial charge in [-0.05, 0) is 48.5 Å². The first-order chi connectivity index (χ1) is 13.6. The second kappa shape index (κ2) is 10.4. The van der Waals surface area contributed by atoms with E-state index in [1.807, 2.05) is 18.2 Å². The number of anilines is 2. The van der Waals surface area contributed by atoms with E-state index >= 15 is 0 Å². The summed E-state index contributed by atoms with van der Waals surface area (Å²) in [7, 11) is 0. The summed E-state index contributed by atoms with van der Waals surface area (Å²) in [6.07, 6.45) is 0. The van der Waals surface area contributed by atoms with E-state index < -0.39 is 5.97 Å². The third-order valence-electron chi connectivity index (χ3n) is 3.58. The molecule has 3 aromatic carbocycles. The van der Waals surface area contributed by atoms with Crippen molar-refractivity contribution in [2.45, 2.75) is 0 Å². The van der Waals surface area contributed by atoms with E-state index in [0.29, 0.717) is 22.7 Å². The van der Waals surface area contributed by atoms with Crippen molar-refractivity contribution in [1.29, 1.82) is 0 Å². The number of amides is 1. The predicted molar refractivity (Wildman–Crippen MR) is 107 cm³/mol. The van der Waals surface area contributed by atoms with E-state index in [9.17, 15) is 9.59 Å². The smallest absolute Gasteiger partial charge is 0.335 e. The lowest BCUT2D eigenvalue weighted by Gasteiger charge is -2.13. The number of benzene rings is 3. The van der Waals surface area contributed by atoms with Crippen LogP contribution in [0, 0.1) is 0 Å². The van der Waals surface area contributed by atoms with Gasteiger partial charge in [0.05, 0.1) is 16.8 Å². The number of carboxylic acid groups (broad SMARTS) is 1. The number of carbonyl (C=O) groups is 2. The second-order valence-electron chi connectivity index (χ2n) is 5.40. The number of hydrogen-bond acceptors (Lipinski definition) is 6. The van der Waals surface area contributed by atoms with Gasteiger partial charge in [-0.25, -0.2) is 10.3 Å². The van der Waals surface area contributed by atoms with Gasteiger partial charge in [0.2, 0.25) is 0 Å². The Bertz CT molecular complexity index is 933. The summed E-state index contributed by atoms with van der Waals surface area (Å²) in [5, 5.41) is 11.7. The quantitative estimate of drug-likeness (QED) is 0.546. The van der Waals surface area contributed by atoms with Crippen LogP contribution in [0.3, 0.4) is 0 Å². The Morgan fingerprint density at radius 1 is 0.821 bits per heavy atom. The lowest BCUT2D eigenvalue weighted by atomic mass is 10.1. The molecule has 142 valence electrons. The van der Waals surface area contributed by atoms with Crippen LogP contribution >= 0.6 is 0 Å². The second-order valence-corrected chi connectivity index (χ2v) is 5.40. The summed E-state index contributed by atoms with van der Waals surface area (Å²) < 4.78 is 7.83. The van der Waals surface area contributed by atoms with E-state index in [1.54, 1.807) is 36.4 Å². The molecule has 0 unspecified atom stereocenters. The minimum absolute atomic E-state index is 0.154. The van der Waals surface area contributed by atoms with Crippen LogP contribution in [0.4, 0.5) is 11.4 Å². The Labute approximate surface area is 166 Å². The SMILES string of the molecule is O=C(O)c1ccc(NC(=O)c2ccccc2NOc2ccccc2)cc1.O=S. The molecular formula is C20H16N2O5S. The molecule has 0 fully saturated rings. The van der Waals surface area contributed by atoms with E-state index in [-0.39, 0.29) is 11.5 Å². The number of carboxylic acids is 1. The van der Waals surface area contributed by atoms with Crippen LogP contribution in [0.2, 0.25) is 0 Å². The number of rotatable bonds is 6. The Balaban J connectivity index is 0.00000136. The van der Waals surface area contributed by atoms with Crippen LogP contribution in [0.15, 0.2) is 78.9 Å². The first kappa shape index (κ1) is 20.5. The van der Waals surface area contributed by atoms with Crippen molar-refractivity contribution < 1.29 is 23.7 Å². The predicted octanol–water partition coefficient (Wildman–Crippen LogP) is 3.71. The molecule has 0 heterocycles. The molecule has 0 bridgehead atoms. The maximum absolute atomic E-state index is 12.5. The molecule has 1 amide bonds. The fraction of sp³-hybridized carbons (Fsp3) is 0. The normalized spacial score (nSPS) is 9.43. The summed E-state index contributed by atoms with van der Waals surface area (Å²) in [5.74, 6) is -0.740. The Morgan fingerprint density at radius 3 is 2.07 bits per heavy atom. The van der Waals surface area contributed by atoms with Crippen molar-refractivity contribution in [3.8, 4) is 5.75 Å². The molecule has 8 heteroatoms. The van der Waals surface area contributed by atoms with Crippen molar-refractivity contribution in [3.63, 3.8) is 0 Å². The maximum Gasteiger partial charge on any atom is 0.335 e. The van der Waals surface area contributed by atoms with E-state index in [4.69, 9.17) is 14.2 Å². The van der Waals surface area contributed by atoms with Gasteiger partial charge in [-0.1, -0.05) is 30.3 Å².